The number of carbonyl (C=O) groups is 2. The van der Waals surface area contributed by atoms with Gasteiger partial charge in [0.2, 0.25) is 0 Å². The SMILES string of the molecule is C=CCC(N)c1ccccc1.O=C(O)/C=C\C(=O)O. The Morgan fingerprint density at radius 3 is 2.00 bits per heavy atom. The summed E-state index contributed by atoms with van der Waals surface area (Å²) in [5.74, 6) is -2.51. The van der Waals surface area contributed by atoms with Crippen molar-refractivity contribution in [2.45, 2.75) is 12.5 Å². The Bertz CT molecular complexity index is 424. The molecular formula is C14H17NO4. The van der Waals surface area contributed by atoms with E-state index < -0.39 is 11.9 Å². The van der Waals surface area contributed by atoms with E-state index in [0.29, 0.717) is 12.2 Å². The van der Waals surface area contributed by atoms with Gasteiger partial charge in [-0.25, -0.2) is 9.59 Å². The van der Waals surface area contributed by atoms with Crippen LogP contribution in [0, 0.1) is 0 Å². The van der Waals surface area contributed by atoms with Crippen LogP contribution in [-0.4, -0.2) is 22.2 Å². The van der Waals surface area contributed by atoms with Crippen LogP contribution >= 0.6 is 0 Å². The van der Waals surface area contributed by atoms with E-state index in [1.807, 2.05) is 36.4 Å². The first kappa shape index (κ1) is 16.6. The normalized spacial score (nSPS) is 11.2. The third-order valence-electron chi connectivity index (χ3n) is 2.02. The molecular weight excluding hydrogens is 246 g/mol. The van der Waals surface area contributed by atoms with Gasteiger partial charge in [-0.2, -0.15) is 0 Å². The molecule has 5 nitrogen and oxygen atoms in total. The topological polar surface area (TPSA) is 101 Å². The molecule has 0 aliphatic rings. The van der Waals surface area contributed by atoms with Crippen LogP contribution in [0.3, 0.4) is 0 Å². The number of aliphatic carboxylic acids is 2. The summed E-state index contributed by atoms with van der Waals surface area (Å²) in [5, 5.41) is 15.6. The Morgan fingerprint density at radius 1 is 1.16 bits per heavy atom. The average Bonchev–Trinajstić information content (AvgIpc) is 2.38. The molecule has 0 saturated heterocycles. The summed E-state index contributed by atoms with van der Waals surface area (Å²) < 4.78 is 0. The zero-order valence-electron chi connectivity index (χ0n) is 10.4. The summed E-state index contributed by atoms with van der Waals surface area (Å²) >= 11 is 0. The molecule has 1 rings (SSSR count). The molecule has 0 aliphatic heterocycles. The number of hydrogen-bond acceptors (Lipinski definition) is 3. The lowest BCUT2D eigenvalue weighted by molar-refractivity contribution is -0.134. The molecule has 1 unspecified atom stereocenters. The van der Waals surface area contributed by atoms with Crippen LogP contribution in [0.4, 0.5) is 0 Å². The summed E-state index contributed by atoms with van der Waals surface area (Å²) in [6.07, 6.45) is 3.80. The highest BCUT2D eigenvalue weighted by molar-refractivity contribution is 5.89. The maximum atomic E-state index is 9.55. The van der Waals surface area contributed by atoms with Gasteiger partial charge in [-0.15, -0.1) is 6.58 Å². The van der Waals surface area contributed by atoms with Gasteiger partial charge in [0.1, 0.15) is 0 Å². The molecule has 1 aromatic carbocycles. The summed E-state index contributed by atoms with van der Waals surface area (Å²) in [6, 6.07) is 10.2. The number of hydrogen-bond donors (Lipinski definition) is 3. The van der Waals surface area contributed by atoms with E-state index in [4.69, 9.17) is 15.9 Å². The second kappa shape index (κ2) is 9.61. The van der Waals surface area contributed by atoms with Crippen LogP contribution in [0.25, 0.3) is 0 Å². The van der Waals surface area contributed by atoms with Crippen molar-refractivity contribution < 1.29 is 19.8 Å². The van der Waals surface area contributed by atoms with Crippen molar-refractivity contribution in [2.75, 3.05) is 0 Å². The molecule has 5 heteroatoms. The molecule has 0 radical (unpaired) electrons. The lowest BCUT2D eigenvalue weighted by atomic mass is 10.1. The third-order valence-corrected chi connectivity index (χ3v) is 2.02. The predicted molar refractivity (Wildman–Crippen MR) is 72.6 cm³/mol. The van der Waals surface area contributed by atoms with Crippen molar-refractivity contribution in [3.05, 3.63) is 60.7 Å². The van der Waals surface area contributed by atoms with E-state index in [-0.39, 0.29) is 6.04 Å². The van der Waals surface area contributed by atoms with Crippen molar-refractivity contribution in [3.63, 3.8) is 0 Å². The molecule has 0 aliphatic carbocycles. The first-order valence-corrected chi connectivity index (χ1v) is 5.52. The van der Waals surface area contributed by atoms with Gasteiger partial charge in [0, 0.05) is 18.2 Å². The molecule has 1 atom stereocenters. The molecule has 0 amide bonds. The minimum atomic E-state index is -1.26. The summed E-state index contributed by atoms with van der Waals surface area (Å²) in [5.41, 5.74) is 7.01. The lowest BCUT2D eigenvalue weighted by Crippen LogP contribution is -2.08. The smallest absolute Gasteiger partial charge is 0.328 e. The van der Waals surface area contributed by atoms with Crippen molar-refractivity contribution >= 4 is 11.9 Å². The quantitative estimate of drug-likeness (QED) is 0.557. The van der Waals surface area contributed by atoms with Crippen molar-refractivity contribution in [1.29, 1.82) is 0 Å². The predicted octanol–water partition coefficient (Wildman–Crippen LogP) is 1.97. The van der Waals surface area contributed by atoms with E-state index in [1.165, 1.54) is 5.56 Å². The molecule has 1 aromatic rings. The molecule has 0 aromatic heterocycles. The number of carboxylic acid groups (broad SMARTS) is 2. The van der Waals surface area contributed by atoms with Gasteiger partial charge in [-0.1, -0.05) is 36.4 Å². The number of carboxylic acids is 2. The fourth-order valence-electron chi connectivity index (χ4n) is 1.16. The maximum absolute atomic E-state index is 9.55. The Balaban J connectivity index is 0.000000362. The van der Waals surface area contributed by atoms with Gasteiger partial charge in [-0.05, 0) is 12.0 Å². The second-order valence-corrected chi connectivity index (χ2v) is 3.55. The van der Waals surface area contributed by atoms with Gasteiger partial charge in [0.25, 0.3) is 0 Å². The first-order valence-electron chi connectivity index (χ1n) is 5.52. The van der Waals surface area contributed by atoms with Gasteiger partial charge in [0.15, 0.2) is 0 Å². The molecule has 0 spiro atoms. The Labute approximate surface area is 111 Å². The molecule has 0 bridgehead atoms. The highest BCUT2D eigenvalue weighted by atomic mass is 16.4. The van der Waals surface area contributed by atoms with E-state index in [1.54, 1.807) is 0 Å². The Morgan fingerprint density at radius 2 is 1.63 bits per heavy atom. The summed E-state index contributed by atoms with van der Waals surface area (Å²) in [6.45, 7) is 3.65. The maximum Gasteiger partial charge on any atom is 0.328 e. The van der Waals surface area contributed by atoms with Crippen LogP contribution in [0.1, 0.15) is 18.0 Å². The highest BCUT2D eigenvalue weighted by Crippen LogP contribution is 2.12. The minimum Gasteiger partial charge on any atom is -0.478 e. The average molecular weight is 263 g/mol. The highest BCUT2D eigenvalue weighted by Gasteiger charge is 2.00. The van der Waals surface area contributed by atoms with Crippen LogP contribution in [0.15, 0.2) is 55.1 Å². The van der Waals surface area contributed by atoms with Crippen LogP contribution in [-0.2, 0) is 9.59 Å². The molecule has 4 N–H and O–H groups in total. The fraction of sp³-hybridized carbons (Fsp3) is 0.143. The van der Waals surface area contributed by atoms with Crippen molar-refractivity contribution in [2.24, 2.45) is 5.73 Å². The van der Waals surface area contributed by atoms with E-state index in [9.17, 15) is 9.59 Å². The molecule has 0 heterocycles. The van der Waals surface area contributed by atoms with Gasteiger partial charge >= 0.3 is 11.9 Å². The second-order valence-electron chi connectivity index (χ2n) is 3.55. The molecule has 19 heavy (non-hydrogen) atoms. The number of rotatable bonds is 5. The van der Waals surface area contributed by atoms with Crippen LogP contribution in [0.5, 0.6) is 0 Å². The van der Waals surface area contributed by atoms with E-state index in [0.717, 1.165) is 6.42 Å². The van der Waals surface area contributed by atoms with Gasteiger partial charge in [0.05, 0.1) is 0 Å². The standard InChI is InChI=1S/C10H13N.C4H4O4/c1-2-6-10(11)9-7-4-3-5-8-9;5-3(6)1-2-4(7)8/h2-5,7-8,10H,1,6,11H2;1-2H,(H,5,6)(H,7,8)/b;2-1-. The van der Waals surface area contributed by atoms with Crippen LogP contribution in [0.2, 0.25) is 0 Å². The van der Waals surface area contributed by atoms with E-state index >= 15 is 0 Å². The largest absolute Gasteiger partial charge is 0.478 e. The number of nitrogens with two attached hydrogens (primary N) is 1. The molecule has 102 valence electrons. The van der Waals surface area contributed by atoms with Crippen molar-refractivity contribution in [1.82, 2.24) is 0 Å². The lowest BCUT2D eigenvalue weighted by Gasteiger charge is -2.07. The zero-order valence-corrected chi connectivity index (χ0v) is 10.4. The summed E-state index contributed by atoms with van der Waals surface area (Å²) in [4.78, 5) is 19.1. The van der Waals surface area contributed by atoms with Crippen molar-refractivity contribution in [3.8, 4) is 0 Å². The Kier molecular flexibility index (Phi) is 8.40. The third kappa shape index (κ3) is 9.31. The minimum absolute atomic E-state index is 0.105. The zero-order chi connectivity index (χ0) is 14.7. The van der Waals surface area contributed by atoms with Crippen LogP contribution < -0.4 is 5.73 Å². The fourth-order valence-corrected chi connectivity index (χ4v) is 1.16. The molecule has 0 fully saturated rings. The number of benzene rings is 1. The molecule has 0 saturated carbocycles. The monoisotopic (exact) mass is 263 g/mol. The first-order chi connectivity index (χ1) is 8.97. The van der Waals surface area contributed by atoms with Gasteiger partial charge < -0.3 is 15.9 Å². The van der Waals surface area contributed by atoms with E-state index in [2.05, 4.69) is 6.58 Å². The Hall–Kier alpha value is -2.40. The van der Waals surface area contributed by atoms with Gasteiger partial charge in [-0.3, -0.25) is 0 Å². The summed E-state index contributed by atoms with van der Waals surface area (Å²) in [7, 11) is 0.